The van der Waals surface area contributed by atoms with E-state index in [0.29, 0.717) is 5.75 Å². The molecule has 0 aliphatic rings. The number of nitrogens with one attached hydrogen (secondary N) is 2. The van der Waals surface area contributed by atoms with Crippen molar-refractivity contribution in [3.8, 4) is 11.5 Å². The molecule has 0 aliphatic carbocycles. The summed E-state index contributed by atoms with van der Waals surface area (Å²) in [5.41, 5.74) is 5.83. The van der Waals surface area contributed by atoms with Gasteiger partial charge in [-0.1, -0.05) is 36.4 Å². The minimum Gasteiger partial charge on any atom is -0.457 e. The molecule has 0 bridgehead atoms. The zero-order chi connectivity index (χ0) is 16.7. The van der Waals surface area contributed by atoms with Gasteiger partial charge in [0, 0.05) is 12.1 Å². The fourth-order valence-electron chi connectivity index (χ4n) is 1.98. The topological polar surface area (TPSA) is 93.5 Å². The summed E-state index contributed by atoms with van der Waals surface area (Å²) in [4.78, 5) is 22.7. The van der Waals surface area contributed by atoms with E-state index in [4.69, 9.17) is 10.5 Å². The molecule has 0 fully saturated rings. The lowest BCUT2D eigenvalue weighted by molar-refractivity contribution is -0.122. The Morgan fingerprint density at radius 3 is 2.43 bits per heavy atom. The first kappa shape index (κ1) is 16.4. The summed E-state index contributed by atoms with van der Waals surface area (Å²) in [6, 6.07) is 15.4. The molecule has 0 heterocycles. The van der Waals surface area contributed by atoms with Gasteiger partial charge in [-0.2, -0.15) is 0 Å². The Morgan fingerprint density at radius 2 is 1.74 bits per heavy atom. The van der Waals surface area contributed by atoms with E-state index in [1.54, 1.807) is 6.92 Å². The van der Waals surface area contributed by atoms with Crippen molar-refractivity contribution in [3.63, 3.8) is 0 Å². The van der Waals surface area contributed by atoms with Crippen LogP contribution in [0.15, 0.2) is 54.6 Å². The lowest BCUT2D eigenvalue weighted by Gasteiger charge is -2.14. The van der Waals surface area contributed by atoms with Crippen LogP contribution in [0, 0.1) is 0 Å². The van der Waals surface area contributed by atoms with Crippen molar-refractivity contribution in [1.29, 1.82) is 0 Å². The number of primary amides is 1. The maximum Gasteiger partial charge on any atom is 0.312 e. The van der Waals surface area contributed by atoms with E-state index in [1.165, 1.54) is 0 Å². The summed E-state index contributed by atoms with van der Waals surface area (Å²) >= 11 is 0. The highest BCUT2D eigenvalue weighted by Gasteiger charge is 2.14. The molecule has 0 unspecified atom stereocenters. The highest BCUT2D eigenvalue weighted by molar-refractivity contribution is 5.86. The highest BCUT2D eigenvalue weighted by atomic mass is 16.5. The van der Waals surface area contributed by atoms with Gasteiger partial charge in [-0.15, -0.1) is 0 Å². The van der Waals surface area contributed by atoms with Gasteiger partial charge < -0.3 is 21.1 Å². The lowest BCUT2D eigenvalue weighted by atomic mass is 10.2. The van der Waals surface area contributed by atoms with Gasteiger partial charge in [0.2, 0.25) is 5.91 Å². The molecule has 0 radical (unpaired) electrons. The maximum absolute atomic E-state index is 11.9. The third kappa shape index (κ3) is 5.03. The Labute approximate surface area is 134 Å². The Kier molecular flexibility index (Phi) is 5.57. The van der Waals surface area contributed by atoms with E-state index < -0.39 is 12.1 Å². The standard InChI is InChI=1S/C17H19N3O3/c1-12(20-17(18)22)16(21)19-11-13-7-5-6-10-15(13)23-14-8-3-2-4-9-14/h2-10,12H,11H2,1H3,(H,19,21)(H3,18,20,22)/t12-/m0/s1. The highest BCUT2D eigenvalue weighted by Crippen LogP contribution is 2.24. The summed E-state index contributed by atoms with van der Waals surface area (Å²) in [6.45, 7) is 1.85. The molecule has 6 heteroatoms. The van der Waals surface area contributed by atoms with Crippen LogP contribution < -0.4 is 21.1 Å². The fourth-order valence-corrected chi connectivity index (χ4v) is 1.98. The van der Waals surface area contributed by atoms with Crippen molar-refractivity contribution in [3.05, 3.63) is 60.2 Å². The predicted octanol–water partition coefficient (Wildman–Crippen LogP) is 2.15. The molecular formula is C17H19N3O3. The van der Waals surface area contributed by atoms with Gasteiger partial charge in [-0.25, -0.2) is 4.79 Å². The predicted molar refractivity (Wildman–Crippen MR) is 87.0 cm³/mol. The zero-order valence-corrected chi connectivity index (χ0v) is 12.8. The number of amides is 3. The maximum atomic E-state index is 11.9. The van der Waals surface area contributed by atoms with Gasteiger partial charge >= 0.3 is 6.03 Å². The molecule has 6 nitrogen and oxygen atoms in total. The monoisotopic (exact) mass is 313 g/mol. The van der Waals surface area contributed by atoms with E-state index in [-0.39, 0.29) is 12.5 Å². The van der Waals surface area contributed by atoms with Crippen molar-refractivity contribution in [2.45, 2.75) is 19.5 Å². The van der Waals surface area contributed by atoms with E-state index >= 15 is 0 Å². The van der Waals surface area contributed by atoms with Crippen LogP contribution in [0.2, 0.25) is 0 Å². The van der Waals surface area contributed by atoms with Gasteiger partial charge in [-0.05, 0) is 25.1 Å². The number of carbonyl (C=O) groups is 2. The van der Waals surface area contributed by atoms with Gasteiger partial charge in [-0.3, -0.25) is 4.79 Å². The smallest absolute Gasteiger partial charge is 0.312 e. The van der Waals surface area contributed by atoms with Crippen LogP contribution in [0.4, 0.5) is 4.79 Å². The molecule has 0 aliphatic heterocycles. The van der Waals surface area contributed by atoms with Crippen molar-refractivity contribution in [2.75, 3.05) is 0 Å². The van der Waals surface area contributed by atoms with Gasteiger partial charge in [0.15, 0.2) is 0 Å². The van der Waals surface area contributed by atoms with Crippen LogP contribution in [0.1, 0.15) is 12.5 Å². The summed E-state index contributed by atoms with van der Waals surface area (Å²) in [5, 5.41) is 5.07. The van der Waals surface area contributed by atoms with E-state index in [0.717, 1.165) is 11.3 Å². The third-order valence-corrected chi connectivity index (χ3v) is 3.15. The molecule has 2 aromatic rings. The van der Waals surface area contributed by atoms with Crippen LogP contribution >= 0.6 is 0 Å². The minimum atomic E-state index is -0.736. The van der Waals surface area contributed by atoms with Gasteiger partial charge in [0.25, 0.3) is 0 Å². The average Bonchev–Trinajstić information content (AvgIpc) is 2.54. The quantitative estimate of drug-likeness (QED) is 0.763. The second-order valence-electron chi connectivity index (χ2n) is 4.97. The molecule has 1 atom stereocenters. The number of hydrogen-bond acceptors (Lipinski definition) is 3. The second kappa shape index (κ2) is 7.84. The van der Waals surface area contributed by atoms with Crippen molar-refractivity contribution < 1.29 is 14.3 Å². The Morgan fingerprint density at radius 1 is 1.09 bits per heavy atom. The van der Waals surface area contributed by atoms with Crippen molar-refractivity contribution in [1.82, 2.24) is 10.6 Å². The van der Waals surface area contributed by atoms with E-state index in [2.05, 4.69) is 10.6 Å². The first-order valence-corrected chi connectivity index (χ1v) is 7.21. The number of ether oxygens (including phenoxy) is 1. The molecule has 0 saturated carbocycles. The Bertz CT molecular complexity index is 674. The minimum absolute atomic E-state index is 0.284. The third-order valence-electron chi connectivity index (χ3n) is 3.15. The largest absolute Gasteiger partial charge is 0.457 e. The zero-order valence-electron chi connectivity index (χ0n) is 12.8. The number of rotatable bonds is 6. The summed E-state index contributed by atoms with van der Waals surface area (Å²) in [6.07, 6.45) is 0. The Hall–Kier alpha value is -3.02. The summed E-state index contributed by atoms with van der Waals surface area (Å²) < 4.78 is 5.83. The number of carbonyl (C=O) groups excluding carboxylic acids is 2. The van der Waals surface area contributed by atoms with Crippen molar-refractivity contribution in [2.24, 2.45) is 5.73 Å². The number of nitrogens with two attached hydrogens (primary N) is 1. The number of benzene rings is 2. The van der Waals surface area contributed by atoms with Crippen LogP contribution in [0.25, 0.3) is 0 Å². The molecule has 2 aromatic carbocycles. The van der Waals surface area contributed by atoms with Crippen LogP contribution in [0.5, 0.6) is 11.5 Å². The van der Waals surface area contributed by atoms with E-state index in [1.807, 2.05) is 54.6 Å². The lowest BCUT2D eigenvalue weighted by Crippen LogP contribution is -2.46. The van der Waals surface area contributed by atoms with Crippen molar-refractivity contribution >= 4 is 11.9 Å². The molecule has 0 aromatic heterocycles. The average molecular weight is 313 g/mol. The molecular weight excluding hydrogens is 294 g/mol. The first-order chi connectivity index (χ1) is 11.1. The fraction of sp³-hybridized carbons (Fsp3) is 0.176. The van der Waals surface area contributed by atoms with Gasteiger partial charge in [0.05, 0.1) is 0 Å². The number of hydrogen-bond donors (Lipinski definition) is 3. The number of para-hydroxylation sites is 2. The molecule has 4 N–H and O–H groups in total. The molecule has 3 amide bonds. The van der Waals surface area contributed by atoms with Crippen LogP contribution in [-0.4, -0.2) is 18.0 Å². The normalized spacial score (nSPS) is 11.3. The van der Waals surface area contributed by atoms with Gasteiger partial charge in [0.1, 0.15) is 17.5 Å². The first-order valence-electron chi connectivity index (χ1n) is 7.21. The molecule has 23 heavy (non-hydrogen) atoms. The SMILES string of the molecule is C[C@H](NC(N)=O)C(=O)NCc1ccccc1Oc1ccccc1. The Balaban J connectivity index is 2.00. The number of urea groups is 1. The summed E-state index contributed by atoms with van der Waals surface area (Å²) in [5.74, 6) is 1.06. The van der Waals surface area contributed by atoms with Crippen LogP contribution in [-0.2, 0) is 11.3 Å². The summed E-state index contributed by atoms with van der Waals surface area (Å²) in [7, 11) is 0. The second-order valence-corrected chi connectivity index (χ2v) is 4.97. The molecule has 0 saturated heterocycles. The molecule has 2 rings (SSSR count). The molecule has 0 spiro atoms. The van der Waals surface area contributed by atoms with Crippen LogP contribution in [0.3, 0.4) is 0 Å². The molecule has 120 valence electrons. The van der Waals surface area contributed by atoms with E-state index in [9.17, 15) is 9.59 Å².